The van der Waals surface area contributed by atoms with Gasteiger partial charge < -0.3 is 19.7 Å². The maximum Gasteiger partial charge on any atom is 0.129 e. The first-order chi connectivity index (χ1) is 11.0. The van der Waals surface area contributed by atoms with E-state index in [0.29, 0.717) is 16.9 Å². The average molecular weight is 332 g/mol. The molecule has 2 aromatic rings. The number of hydrogen-bond acceptors (Lipinski definition) is 4. The summed E-state index contributed by atoms with van der Waals surface area (Å²) in [6, 6.07) is 8.06. The van der Waals surface area contributed by atoms with Gasteiger partial charge in [-0.2, -0.15) is 0 Å². The first-order valence-electron chi connectivity index (χ1n) is 7.58. The molecule has 132 valence electrons. The van der Waals surface area contributed by atoms with Gasteiger partial charge >= 0.3 is 0 Å². The zero-order chi connectivity index (χ0) is 17.0. The van der Waals surface area contributed by atoms with Crippen molar-refractivity contribution in [3.8, 4) is 11.5 Å². The van der Waals surface area contributed by atoms with Crippen LogP contribution in [-0.4, -0.2) is 24.4 Å². The van der Waals surface area contributed by atoms with Gasteiger partial charge in [0.15, 0.2) is 0 Å². The molecule has 4 nitrogen and oxygen atoms in total. The Bertz CT molecular complexity index is 644. The van der Waals surface area contributed by atoms with Crippen molar-refractivity contribution < 1.29 is 19.7 Å². The fourth-order valence-corrected chi connectivity index (χ4v) is 3.13. The number of methoxy groups -OCH3 is 2. The fraction of sp³-hybridized carbons (Fsp3) is 0.400. The van der Waals surface area contributed by atoms with Crippen molar-refractivity contribution in [2.45, 2.75) is 40.9 Å². The summed E-state index contributed by atoms with van der Waals surface area (Å²) in [7, 11) is 3.23. The molecule has 0 aliphatic carbocycles. The molecule has 0 spiro atoms. The van der Waals surface area contributed by atoms with Crippen LogP contribution >= 0.6 is 0 Å². The molecule has 0 unspecified atom stereocenters. The van der Waals surface area contributed by atoms with Gasteiger partial charge in [0.1, 0.15) is 11.5 Å². The van der Waals surface area contributed by atoms with Crippen LogP contribution in [0.1, 0.15) is 40.8 Å². The predicted molar refractivity (Wildman–Crippen MR) is 96.8 cm³/mol. The lowest BCUT2D eigenvalue weighted by Crippen LogP contribution is -2.01. The van der Waals surface area contributed by atoms with Crippen LogP contribution in [0, 0.1) is 13.8 Å². The third kappa shape index (κ3) is 4.08. The molecule has 0 saturated heterocycles. The highest BCUT2D eigenvalue weighted by atomic mass is 16.5. The molecule has 0 aliphatic heterocycles. The number of aryl methyl sites for hydroxylation is 2. The van der Waals surface area contributed by atoms with Crippen molar-refractivity contribution in [1.29, 1.82) is 0 Å². The van der Waals surface area contributed by atoms with Crippen LogP contribution in [0.5, 0.6) is 11.5 Å². The Labute approximate surface area is 144 Å². The summed E-state index contributed by atoms with van der Waals surface area (Å²) in [5.74, 6) is 1.47. The highest BCUT2D eigenvalue weighted by Gasteiger charge is 2.12. The zero-order valence-electron chi connectivity index (χ0n) is 14.1. The second kappa shape index (κ2) is 8.71. The molecule has 2 N–H and O–H groups in total. The molecule has 0 saturated carbocycles. The monoisotopic (exact) mass is 332 g/mol. The zero-order valence-corrected chi connectivity index (χ0v) is 14.1. The van der Waals surface area contributed by atoms with Crippen molar-refractivity contribution >= 4 is 0 Å². The molecular weight excluding hydrogens is 304 g/mol. The van der Waals surface area contributed by atoms with E-state index in [1.165, 1.54) is 5.56 Å². The highest BCUT2D eigenvalue weighted by molar-refractivity contribution is 5.48. The van der Waals surface area contributed by atoms with Crippen molar-refractivity contribution in [1.82, 2.24) is 0 Å². The standard InChI is InChI=1S/C19H24O4.CH4/c1-12-5-14(6-13(2)18(12)22-3)7-15-8-16(10-20)19(23-4)17(9-15)11-21;/h5-6,8-9,20-21H,7,10-11H2,1-4H3;1H4. The minimum atomic E-state index is -0.120. The Morgan fingerprint density at radius 3 is 1.54 bits per heavy atom. The van der Waals surface area contributed by atoms with E-state index < -0.39 is 0 Å². The van der Waals surface area contributed by atoms with Crippen LogP contribution in [-0.2, 0) is 19.6 Å². The minimum Gasteiger partial charge on any atom is -0.496 e. The van der Waals surface area contributed by atoms with Crippen molar-refractivity contribution in [2.24, 2.45) is 0 Å². The molecule has 4 heteroatoms. The molecule has 24 heavy (non-hydrogen) atoms. The summed E-state index contributed by atoms with van der Waals surface area (Å²) in [5, 5.41) is 19.1. The minimum absolute atomic E-state index is 0. The molecule has 2 rings (SSSR count). The lowest BCUT2D eigenvalue weighted by molar-refractivity contribution is 0.260. The molecule has 0 heterocycles. The highest BCUT2D eigenvalue weighted by Crippen LogP contribution is 2.29. The predicted octanol–water partition coefficient (Wildman–Crippen LogP) is 3.53. The molecule has 0 aliphatic rings. The van der Waals surface area contributed by atoms with E-state index in [0.717, 1.165) is 28.9 Å². The number of hydrogen-bond donors (Lipinski definition) is 2. The first kappa shape index (κ1) is 20.0. The van der Waals surface area contributed by atoms with Gasteiger partial charge in [0.25, 0.3) is 0 Å². The molecule has 2 aromatic carbocycles. The van der Waals surface area contributed by atoms with Gasteiger partial charge in [-0.15, -0.1) is 0 Å². The summed E-state index contributed by atoms with van der Waals surface area (Å²) < 4.78 is 10.7. The molecule has 0 radical (unpaired) electrons. The van der Waals surface area contributed by atoms with E-state index in [9.17, 15) is 10.2 Å². The van der Waals surface area contributed by atoms with E-state index in [2.05, 4.69) is 12.1 Å². The molecule has 0 amide bonds. The number of ether oxygens (including phenoxy) is 2. The van der Waals surface area contributed by atoms with Crippen molar-refractivity contribution in [2.75, 3.05) is 14.2 Å². The maximum absolute atomic E-state index is 9.54. The van der Waals surface area contributed by atoms with Crippen LogP contribution in [0.4, 0.5) is 0 Å². The normalized spacial score (nSPS) is 10.2. The molecule has 0 bridgehead atoms. The number of aliphatic hydroxyl groups excluding tert-OH is 2. The Morgan fingerprint density at radius 2 is 1.17 bits per heavy atom. The number of aliphatic hydroxyl groups is 2. The van der Waals surface area contributed by atoms with Gasteiger partial charge in [-0.05, 0) is 54.7 Å². The fourth-order valence-electron chi connectivity index (χ4n) is 3.13. The average Bonchev–Trinajstić information content (AvgIpc) is 2.53. The largest absolute Gasteiger partial charge is 0.496 e. The Morgan fingerprint density at radius 1 is 0.750 bits per heavy atom. The second-order valence-corrected chi connectivity index (χ2v) is 5.70. The molecule has 0 atom stereocenters. The van der Waals surface area contributed by atoms with E-state index in [-0.39, 0.29) is 20.6 Å². The SMILES string of the molecule is C.COc1c(C)cc(Cc2cc(CO)c(OC)c(CO)c2)cc1C. The summed E-state index contributed by atoms with van der Waals surface area (Å²) in [5.41, 5.74) is 5.77. The molecule has 0 fully saturated rings. The van der Waals surface area contributed by atoms with Crippen LogP contribution in [0.25, 0.3) is 0 Å². The second-order valence-electron chi connectivity index (χ2n) is 5.70. The van der Waals surface area contributed by atoms with Crippen LogP contribution in [0.2, 0.25) is 0 Å². The van der Waals surface area contributed by atoms with Crippen LogP contribution in [0.3, 0.4) is 0 Å². The van der Waals surface area contributed by atoms with E-state index in [1.54, 1.807) is 14.2 Å². The van der Waals surface area contributed by atoms with E-state index in [1.807, 2.05) is 26.0 Å². The van der Waals surface area contributed by atoms with Gasteiger partial charge in [-0.25, -0.2) is 0 Å². The van der Waals surface area contributed by atoms with Crippen LogP contribution in [0.15, 0.2) is 24.3 Å². The van der Waals surface area contributed by atoms with E-state index >= 15 is 0 Å². The maximum atomic E-state index is 9.54. The van der Waals surface area contributed by atoms with E-state index in [4.69, 9.17) is 9.47 Å². The van der Waals surface area contributed by atoms with Crippen LogP contribution < -0.4 is 9.47 Å². The number of rotatable bonds is 6. The quantitative estimate of drug-likeness (QED) is 0.849. The molecular formula is C20H28O4. The van der Waals surface area contributed by atoms with Gasteiger partial charge in [0.05, 0.1) is 27.4 Å². The Balaban J connectivity index is 0.00000288. The smallest absolute Gasteiger partial charge is 0.129 e. The summed E-state index contributed by atoms with van der Waals surface area (Å²) in [6.45, 7) is 3.82. The summed E-state index contributed by atoms with van der Waals surface area (Å²) in [6.07, 6.45) is 0.718. The number of benzene rings is 2. The lowest BCUT2D eigenvalue weighted by Gasteiger charge is -2.15. The van der Waals surface area contributed by atoms with Crippen molar-refractivity contribution in [3.05, 3.63) is 57.6 Å². The first-order valence-corrected chi connectivity index (χ1v) is 7.58. The third-order valence-corrected chi connectivity index (χ3v) is 3.98. The van der Waals surface area contributed by atoms with Gasteiger partial charge in [0, 0.05) is 11.1 Å². The van der Waals surface area contributed by atoms with Gasteiger partial charge in [0.2, 0.25) is 0 Å². The Kier molecular flexibility index (Phi) is 7.26. The Hall–Kier alpha value is -2.04. The summed E-state index contributed by atoms with van der Waals surface area (Å²) in [4.78, 5) is 0. The van der Waals surface area contributed by atoms with Crippen molar-refractivity contribution in [3.63, 3.8) is 0 Å². The third-order valence-electron chi connectivity index (χ3n) is 3.98. The van der Waals surface area contributed by atoms with Gasteiger partial charge in [-0.1, -0.05) is 19.6 Å². The lowest BCUT2D eigenvalue weighted by atomic mass is 9.96. The molecule has 0 aromatic heterocycles. The summed E-state index contributed by atoms with van der Waals surface area (Å²) >= 11 is 0. The topological polar surface area (TPSA) is 58.9 Å². The van der Waals surface area contributed by atoms with Gasteiger partial charge in [-0.3, -0.25) is 0 Å².